The van der Waals surface area contributed by atoms with Crippen LogP contribution in [0.1, 0.15) is 50.5 Å². The topological polar surface area (TPSA) is 44.0 Å². The van der Waals surface area contributed by atoms with Crippen LogP contribution in [0.5, 0.6) is 0 Å². The van der Waals surface area contributed by atoms with E-state index in [1.807, 2.05) is 0 Å². The molecule has 0 aromatic carbocycles. The largest absolute Gasteiger partial charge is 0.344 e. The van der Waals surface area contributed by atoms with E-state index in [9.17, 15) is 0 Å². The van der Waals surface area contributed by atoms with Crippen molar-refractivity contribution in [1.29, 1.82) is 0 Å². The number of rotatable bonds is 8. The molecule has 21 heavy (non-hydrogen) atoms. The quantitative estimate of drug-likeness (QED) is 0.724. The Hall–Kier alpha value is -0.580. The summed E-state index contributed by atoms with van der Waals surface area (Å²) in [5.74, 6) is 1.90. The number of H-pyrrole nitrogens is 1. The van der Waals surface area contributed by atoms with Gasteiger partial charge in [0.2, 0.25) is 0 Å². The van der Waals surface area contributed by atoms with Crippen molar-refractivity contribution in [3.63, 3.8) is 0 Å². The molecule has 1 fully saturated rings. The molecule has 4 nitrogen and oxygen atoms in total. The summed E-state index contributed by atoms with van der Waals surface area (Å²) in [6.07, 6.45) is 7.28. The zero-order valence-corrected chi connectivity index (χ0v) is 14.2. The first-order valence-electron chi connectivity index (χ1n) is 8.31. The molecule has 0 unspecified atom stereocenters. The molecule has 1 aromatic heterocycles. The zero-order valence-electron chi connectivity index (χ0n) is 13.4. The Morgan fingerprint density at radius 3 is 2.86 bits per heavy atom. The van der Waals surface area contributed by atoms with E-state index in [-0.39, 0.29) is 0 Å². The lowest BCUT2D eigenvalue weighted by Gasteiger charge is -2.28. The van der Waals surface area contributed by atoms with Crippen LogP contribution < -0.4 is 5.32 Å². The summed E-state index contributed by atoms with van der Waals surface area (Å²) in [5, 5.41) is 4.13. The van der Waals surface area contributed by atoms with Crippen molar-refractivity contribution < 1.29 is 0 Å². The minimum absolute atomic E-state index is 0.632. The van der Waals surface area contributed by atoms with Gasteiger partial charge in [0, 0.05) is 13.0 Å². The third-order valence-electron chi connectivity index (χ3n) is 4.41. The van der Waals surface area contributed by atoms with Crippen molar-refractivity contribution in [3.05, 3.63) is 16.7 Å². The molecule has 0 atom stereocenters. The number of unbranched alkanes of at least 4 members (excludes halogenated alkanes) is 1. The van der Waals surface area contributed by atoms with Crippen molar-refractivity contribution in [3.8, 4) is 0 Å². The first kappa shape index (κ1) is 16.8. The molecule has 1 saturated heterocycles. The van der Waals surface area contributed by atoms with Gasteiger partial charge in [0.15, 0.2) is 5.15 Å². The molecular formula is C16H29ClN4. The van der Waals surface area contributed by atoms with Gasteiger partial charge in [-0.15, -0.1) is 0 Å². The Morgan fingerprint density at radius 2 is 2.14 bits per heavy atom. The third-order valence-corrected chi connectivity index (χ3v) is 4.73. The average molecular weight is 313 g/mol. The molecule has 1 aromatic rings. The molecule has 2 rings (SSSR count). The van der Waals surface area contributed by atoms with Crippen molar-refractivity contribution >= 4 is 11.6 Å². The fraction of sp³-hybridized carbons (Fsp3) is 0.812. The van der Waals surface area contributed by atoms with Crippen LogP contribution in [-0.4, -0.2) is 41.5 Å². The highest BCUT2D eigenvalue weighted by Gasteiger charge is 2.16. The summed E-state index contributed by atoms with van der Waals surface area (Å²) in [4.78, 5) is 10.2. The fourth-order valence-corrected chi connectivity index (χ4v) is 3.11. The van der Waals surface area contributed by atoms with Crippen LogP contribution >= 0.6 is 11.6 Å². The molecule has 0 radical (unpaired) electrons. The van der Waals surface area contributed by atoms with Crippen LogP contribution in [-0.2, 0) is 13.0 Å². The summed E-state index contributed by atoms with van der Waals surface area (Å²) < 4.78 is 0. The summed E-state index contributed by atoms with van der Waals surface area (Å²) in [5.41, 5.74) is 1.03. The number of aromatic nitrogens is 2. The number of nitrogens with one attached hydrogen (secondary N) is 2. The second kappa shape index (κ2) is 8.76. The number of aryl methyl sites for hydroxylation is 1. The lowest BCUT2D eigenvalue weighted by molar-refractivity contribution is 0.211. The van der Waals surface area contributed by atoms with Gasteiger partial charge in [-0.1, -0.05) is 24.9 Å². The molecule has 1 aliphatic rings. The first-order chi connectivity index (χ1) is 10.2. The van der Waals surface area contributed by atoms with E-state index in [1.165, 1.54) is 38.8 Å². The van der Waals surface area contributed by atoms with Crippen LogP contribution in [0.2, 0.25) is 5.15 Å². The highest BCUT2D eigenvalue weighted by Crippen LogP contribution is 2.19. The predicted octanol–water partition coefficient (Wildman–Crippen LogP) is 3.23. The molecule has 2 N–H and O–H groups in total. The van der Waals surface area contributed by atoms with Crippen molar-refractivity contribution in [1.82, 2.24) is 20.2 Å². The summed E-state index contributed by atoms with van der Waals surface area (Å²) >= 11 is 6.18. The second-order valence-electron chi connectivity index (χ2n) is 6.27. The maximum atomic E-state index is 6.18. The van der Waals surface area contributed by atoms with Crippen molar-refractivity contribution in [2.75, 3.05) is 26.7 Å². The lowest BCUT2D eigenvalue weighted by atomic mass is 9.94. The molecule has 120 valence electrons. The standard InChI is InChI=1S/C16H29ClN4/c1-3-4-5-15-19-14(16(17)20-15)12-18-9-6-13-7-10-21(2)11-8-13/h13,18H,3-12H2,1-2H3,(H,19,20). The van der Waals surface area contributed by atoms with Gasteiger partial charge in [-0.25, -0.2) is 4.98 Å². The van der Waals surface area contributed by atoms with Gasteiger partial charge >= 0.3 is 0 Å². The minimum Gasteiger partial charge on any atom is -0.344 e. The Balaban J connectivity index is 1.65. The minimum atomic E-state index is 0.632. The summed E-state index contributed by atoms with van der Waals surface area (Å²) in [6, 6.07) is 0. The van der Waals surface area contributed by atoms with Gasteiger partial charge in [0.25, 0.3) is 0 Å². The number of likely N-dealkylation sites (tertiary alicyclic amines) is 1. The van der Waals surface area contributed by atoms with Crippen LogP contribution in [0.15, 0.2) is 0 Å². The Morgan fingerprint density at radius 1 is 1.38 bits per heavy atom. The molecule has 5 heteroatoms. The van der Waals surface area contributed by atoms with Crippen molar-refractivity contribution in [2.24, 2.45) is 5.92 Å². The number of nitrogens with zero attached hydrogens (tertiary/aromatic N) is 2. The molecule has 1 aliphatic heterocycles. The van der Waals surface area contributed by atoms with E-state index in [0.717, 1.165) is 43.4 Å². The SMILES string of the molecule is CCCCc1nc(Cl)c(CNCCC2CCN(C)CC2)[nH]1. The fourth-order valence-electron chi connectivity index (χ4n) is 2.89. The van der Waals surface area contributed by atoms with Crippen LogP contribution in [0, 0.1) is 5.92 Å². The Bertz CT molecular complexity index is 410. The van der Waals surface area contributed by atoms with Gasteiger partial charge in [-0.05, 0) is 58.3 Å². The molecule has 0 aliphatic carbocycles. The van der Waals surface area contributed by atoms with Gasteiger partial charge in [-0.2, -0.15) is 0 Å². The van der Waals surface area contributed by atoms with Crippen molar-refractivity contribution in [2.45, 2.75) is 52.0 Å². The molecule has 0 bridgehead atoms. The second-order valence-corrected chi connectivity index (χ2v) is 6.63. The van der Waals surface area contributed by atoms with Crippen LogP contribution in [0.25, 0.3) is 0 Å². The predicted molar refractivity (Wildman–Crippen MR) is 88.8 cm³/mol. The van der Waals surface area contributed by atoms with E-state index in [2.05, 4.69) is 34.2 Å². The maximum Gasteiger partial charge on any atom is 0.151 e. The monoisotopic (exact) mass is 312 g/mol. The first-order valence-corrected chi connectivity index (χ1v) is 8.69. The van der Waals surface area contributed by atoms with E-state index in [1.54, 1.807) is 0 Å². The van der Waals surface area contributed by atoms with E-state index >= 15 is 0 Å². The maximum absolute atomic E-state index is 6.18. The van der Waals surface area contributed by atoms with Gasteiger partial charge in [0.05, 0.1) is 5.69 Å². The summed E-state index contributed by atoms with van der Waals surface area (Å²) in [6.45, 7) is 6.55. The molecule has 0 amide bonds. The molecular weight excluding hydrogens is 284 g/mol. The van der Waals surface area contributed by atoms with Gasteiger partial charge < -0.3 is 15.2 Å². The van der Waals surface area contributed by atoms with Gasteiger partial charge in [-0.3, -0.25) is 0 Å². The summed E-state index contributed by atoms with van der Waals surface area (Å²) in [7, 11) is 2.21. The van der Waals surface area contributed by atoms with Crippen LogP contribution in [0.3, 0.4) is 0 Å². The molecule has 2 heterocycles. The zero-order chi connectivity index (χ0) is 15.1. The highest BCUT2D eigenvalue weighted by atomic mass is 35.5. The number of piperidine rings is 1. The number of hydrogen-bond donors (Lipinski definition) is 2. The van der Waals surface area contributed by atoms with E-state index in [4.69, 9.17) is 11.6 Å². The van der Waals surface area contributed by atoms with E-state index < -0.39 is 0 Å². The van der Waals surface area contributed by atoms with Gasteiger partial charge in [0.1, 0.15) is 5.82 Å². The molecule has 0 saturated carbocycles. The third kappa shape index (κ3) is 5.61. The Kier molecular flexibility index (Phi) is 7.00. The smallest absolute Gasteiger partial charge is 0.151 e. The number of halogens is 1. The normalized spacial score (nSPS) is 17.5. The number of aromatic amines is 1. The number of imidazole rings is 1. The lowest BCUT2D eigenvalue weighted by Crippen LogP contribution is -2.31. The Labute approximate surface area is 133 Å². The molecule has 0 spiro atoms. The number of hydrogen-bond acceptors (Lipinski definition) is 3. The highest BCUT2D eigenvalue weighted by molar-refractivity contribution is 6.30. The van der Waals surface area contributed by atoms with Crippen LogP contribution in [0.4, 0.5) is 0 Å². The average Bonchev–Trinajstić information content (AvgIpc) is 2.83. The van der Waals surface area contributed by atoms with E-state index in [0.29, 0.717) is 5.15 Å².